The number of nitrogens with zero attached hydrogens (tertiary/aromatic N) is 5. The number of aryl methyl sites for hydroxylation is 1. The topological polar surface area (TPSA) is 70.6 Å². The van der Waals surface area contributed by atoms with Crippen LogP contribution in [0.4, 0.5) is 5.69 Å². The first kappa shape index (κ1) is 17.0. The standard InChI is InChI=1S/C16H21ClN6S/c1-2-14-20-21-15(24-14)11-19-16(18)23-9-7-22(8-10-23)13-5-3-12(17)4-6-13/h3-6H,2,7-11H2,1H3,(H2,18,19). The predicted molar refractivity (Wildman–Crippen MR) is 99.9 cm³/mol. The zero-order valence-corrected chi connectivity index (χ0v) is 15.2. The maximum absolute atomic E-state index is 6.14. The number of benzene rings is 1. The Morgan fingerprint density at radius 3 is 2.46 bits per heavy atom. The number of halogens is 1. The van der Waals surface area contributed by atoms with Crippen LogP contribution >= 0.6 is 22.9 Å². The van der Waals surface area contributed by atoms with Crippen molar-refractivity contribution < 1.29 is 0 Å². The van der Waals surface area contributed by atoms with Crippen molar-refractivity contribution >= 4 is 34.6 Å². The Hall–Kier alpha value is -1.86. The molecule has 1 aliphatic heterocycles. The summed E-state index contributed by atoms with van der Waals surface area (Å²) < 4.78 is 0. The molecule has 0 radical (unpaired) electrons. The van der Waals surface area contributed by atoms with E-state index in [2.05, 4.69) is 44.0 Å². The van der Waals surface area contributed by atoms with Crippen LogP contribution in [0.5, 0.6) is 0 Å². The van der Waals surface area contributed by atoms with Crippen LogP contribution in [0, 0.1) is 0 Å². The second kappa shape index (κ2) is 7.81. The molecule has 1 aliphatic rings. The van der Waals surface area contributed by atoms with Gasteiger partial charge in [0.05, 0.1) is 6.54 Å². The average molecular weight is 365 g/mol. The maximum atomic E-state index is 6.14. The summed E-state index contributed by atoms with van der Waals surface area (Å²) in [6.07, 6.45) is 0.906. The lowest BCUT2D eigenvalue weighted by Gasteiger charge is -2.36. The highest BCUT2D eigenvalue weighted by molar-refractivity contribution is 7.11. The van der Waals surface area contributed by atoms with Gasteiger partial charge in [-0.15, -0.1) is 10.2 Å². The summed E-state index contributed by atoms with van der Waals surface area (Å²) in [4.78, 5) is 8.92. The summed E-state index contributed by atoms with van der Waals surface area (Å²) >= 11 is 7.54. The zero-order valence-electron chi connectivity index (χ0n) is 13.7. The molecule has 128 valence electrons. The smallest absolute Gasteiger partial charge is 0.191 e. The summed E-state index contributed by atoms with van der Waals surface area (Å²) in [5.41, 5.74) is 7.33. The number of piperazine rings is 1. The van der Waals surface area contributed by atoms with Crippen molar-refractivity contribution in [1.29, 1.82) is 0 Å². The second-order valence-electron chi connectivity index (χ2n) is 5.57. The third-order valence-electron chi connectivity index (χ3n) is 3.98. The van der Waals surface area contributed by atoms with Gasteiger partial charge >= 0.3 is 0 Å². The molecule has 6 nitrogen and oxygen atoms in total. The van der Waals surface area contributed by atoms with Crippen LogP contribution in [0.1, 0.15) is 16.9 Å². The Bertz CT molecular complexity index is 691. The normalized spacial score (nSPS) is 15.8. The Balaban J connectivity index is 1.53. The molecule has 8 heteroatoms. The SMILES string of the molecule is CCc1nnc(CN=C(N)N2CCN(c3ccc(Cl)cc3)CC2)s1. The molecule has 2 heterocycles. The summed E-state index contributed by atoms with van der Waals surface area (Å²) in [5.74, 6) is 0.582. The summed E-state index contributed by atoms with van der Waals surface area (Å²) in [7, 11) is 0. The molecule has 0 atom stereocenters. The number of nitrogens with two attached hydrogens (primary N) is 1. The van der Waals surface area contributed by atoms with Gasteiger partial charge in [-0.3, -0.25) is 0 Å². The monoisotopic (exact) mass is 364 g/mol. The number of rotatable bonds is 4. The van der Waals surface area contributed by atoms with Gasteiger partial charge in [-0.2, -0.15) is 0 Å². The first-order valence-electron chi connectivity index (χ1n) is 8.02. The van der Waals surface area contributed by atoms with Gasteiger partial charge in [0.2, 0.25) is 0 Å². The Morgan fingerprint density at radius 1 is 1.17 bits per heavy atom. The quantitative estimate of drug-likeness (QED) is 0.666. The molecule has 1 aromatic heterocycles. The molecule has 2 N–H and O–H groups in total. The Morgan fingerprint density at radius 2 is 1.83 bits per heavy atom. The Labute approximate surface area is 151 Å². The fourth-order valence-corrected chi connectivity index (χ4v) is 3.42. The lowest BCUT2D eigenvalue weighted by atomic mass is 10.2. The minimum Gasteiger partial charge on any atom is -0.370 e. The van der Waals surface area contributed by atoms with Gasteiger partial charge < -0.3 is 15.5 Å². The molecular formula is C16H21ClN6S. The maximum Gasteiger partial charge on any atom is 0.191 e. The molecule has 1 aromatic carbocycles. The molecule has 2 aromatic rings. The number of aromatic nitrogens is 2. The average Bonchev–Trinajstić information content (AvgIpc) is 3.09. The van der Waals surface area contributed by atoms with Crippen molar-refractivity contribution in [2.24, 2.45) is 10.7 Å². The number of anilines is 1. The number of hydrogen-bond acceptors (Lipinski definition) is 5. The van der Waals surface area contributed by atoms with Gasteiger partial charge in [-0.1, -0.05) is 29.9 Å². The molecule has 3 rings (SSSR count). The molecule has 0 spiro atoms. The summed E-state index contributed by atoms with van der Waals surface area (Å²) in [6, 6.07) is 7.95. The van der Waals surface area contributed by atoms with Gasteiger partial charge in [0, 0.05) is 36.9 Å². The minimum atomic E-state index is 0.501. The molecule has 0 bridgehead atoms. The van der Waals surface area contributed by atoms with Gasteiger partial charge in [0.15, 0.2) is 5.96 Å². The van der Waals surface area contributed by atoms with Crippen molar-refractivity contribution in [3.8, 4) is 0 Å². The molecule has 1 fully saturated rings. The molecular weight excluding hydrogens is 344 g/mol. The molecule has 1 saturated heterocycles. The number of guanidine groups is 1. The van der Waals surface area contributed by atoms with Crippen molar-refractivity contribution in [3.05, 3.63) is 39.3 Å². The van der Waals surface area contributed by atoms with Gasteiger partial charge in [-0.05, 0) is 30.7 Å². The fraction of sp³-hybridized carbons (Fsp3) is 0.438. The van der Waals surface area contributed by atoms with E-state index in [4.69, 9.17) is 17.3 Å². The van der Waals surface area contributed by atoms with E-state index in [9.17, 15) is 0 Å². The van der Waals surface area contributed by atoms with Crippen LogP contribution < -0.4 is 10.6 Å². The number of hydrogen-bond donors (Lipinski definition) is 1. The zero-order chi connectivity index (χ0) is 16.9. The molecule has 24 heavy (non-hydrogen) atoms. The van der Waals surface area contributed by atoms with Crippen molar-refractivity contribution in [2.75, 3.05) is 31.1 Å². The lowest BCUT2D eigenvalue weighted by molar-refractivity contribution is 0.380. The van der Waals surface area contributed by atoms with E-state index in [1.54, 1.807) is 11.3 Å². The van der Waals surface area contributed by atoms with Gasteiger partial charge in [0.25, 0.3) is 0 Å². The van der Waals surface area contributed by atoms with Crippen molar-refractivity contribution in [2.45, 2.75) is 19.9 Å². The highest BCUT2D eigenvalue weighted by Gasteiger charge is 2.18. The first-order valence-corrected chi connectivity index (χ1v) is 9.22. The van der Waals surface area contributed by atoms with Crippen LogP contribution in [0.3, 0.4) is 0 Å². The van der Waals surface area contributed by atoms with E-state index in [1.165, 1.54) is 5.69 Å². The summed E-state index contributed by atoms with van der Waals surface area (Å²) in [6.45, 7) is 6.11. The van der Waals surface area contributed by atoms with Crippen LogP contribution in [0.2, 0.25) is 5.02 Å². The molecule has 0 aliphatic carbocycles. The van der Waals surface area contributed by atoms with E-state index in [0.29, 0.717) is 12.5 Å². The third-order valence-corrected chi connectivity index (χ3v) is 5.29. The largest absolute Gasteiger partial charge is 0.370 e. The number of aliphatic imine (C=N–C) groups is 1. The highest BCUT2D eigenvalue weighted by Crippen LogP contribution is 2.19. The Kier molecular flexibility index (Phi) is 5.52. The van der Waals surface area contributed by atoms with E-state index in [0.717, 1.165) is 47.6 Å². The molecule has 0 unspecified atom stereocenters. The van der Waals surface area contributed by atoms with E-state index in [1.807, 2.05) is 12.1 Å². The molecule has 0 amide bonds. The van der Waals surface area contributed by atoms with Crippen molar-refractivity contribution in [1.82, 2.24) is 15.1 Å². The lowest BCUT2D eigenvalue weighted by Crippen LogP contribution is -2.51. The van der Waals surface area contributed by atoms with Crippen LogP contribution in [0.15, 0.2) is 29.3 Å². The van der Waals surface area contributed by atoms with Gasteiger partial charge in [-0.25, -0.2) is 4.99 Å². The highest BCUT2D eigenvalue weighted by atomic mass is 35.5. The van der Waals surface area contributed by atoms with Crippen molar-refractivity contribution in [3.63, 3.8) is 0 Å². The van der Waals surface area contributed by atoms with Gasteiger partial charge in [0.1, 0.15) is 10.0 Å². The summed E-state index contributed by atoms with van der Waals surface area (Å²) in [5, 5.41) is 10.9. The van der Waals surface area contributed by atoms with E-state index in [-0.39, 0.29) is 0 Å². The van der Waals surface area contributed by atoms with E-state index < -0.39 is 0 Å². The van der Waals surface area contributed by atoms with E-state index >= 15 is 0 Å². The molecule has 0 saturated carbocycles. The first-order chi connectivity index (χ1) is 11.7. The van der Waals surface area contributed by atoms with Crippen LogP contribution in [0.25, 0.3) is 0 Å². The fourth-order valence-electron chi connectivity index (χ4n) is 2.59. The predicted octanol–water partition coefficient (Wildman–Crippen LogP) is 2.39. The second-order valence-corrected chi connectivity index (χ2v) is 7.15. The van der Waals surface area contributed by atoms with Crippen LogP contribution in [-0.4, -0.2) is 47.2 Å². The third kappa shape index (κ3) is 4.15. The van der Waals surface area contributed by atoms with Crippen LogP contribution in [-0.2, 0) is 13.0 Å². The minimum absolute atomic E-state index is 0.501.